The minimum absolute atomic E-state index is 0.0720. The van der Waals surface area contributed by atoms with Crippen LogP contribution in [0.2, 0.25) is 0 Å². The lowest BCUT2D eigenvalue weighted by molar-refractivity contribution is -0.704. The third-order valence-electron chi connectivity index (χ3n) is 4.77. The molecule has 0 spiro atoms. The van der Waals surface area contributed by atoms with Gasteiger partial charge in [-0.2, -0.15) is 0 Å². The molecule has 0 saturated carbocycles. The molecule has 0 aliphatic carbocycles. The maximum absolute atomic E-state index is 12.6. The van der Waals surface area contributed by atoms with Crippen molar-refractivity contribution in [1.82, 2.24) is 5.32 Å². The average molecular weight is 359 g/mol. The minimum Gasteiger partial charge on any atom is -0.351 e. The van der Waals surface area contributed by atoms with Crippen LogP contribution in [-0.4, -0.2) is 18.5 Å². The molecule has 3 nitrogen and oxygen atoms in total. The Kier molecular flexibility index (Phi) is 6.78. The van der Waals surface area contributed by atoms with Crippen molar-refractivity contribution in [3.8, 4) is 0 Å². The lowest BCUT2D eigenvalue weighted by atomic mass is 9.98. The van der Waals surface area contributed by atoms with E-state index in [1.807, 2.05) is 61.5 Å². The van der Waals surface area contributed by atoms with Gasteiger partial charge in [-0.1, -0.05) is 91.0 Å². The van der Waals surface area contributed by atoms with Gasteiger partial charge in [-0.15, -0.1) is 0 Å². The summed E-state index contributed by atoms with van der Waals surface area (Å²) in [6.45, 7) is 2.62. The van der Waals surface area contributed by atoms with E-state index in [0.717, 1.165) is 6.42 Å². The first kappa shape index (κ1) is 18.9. The van der Waals surface area contributed by atoms with Crippen LogP contribution >= 0.6 is 0 Å². The average Bonchev–Trinajstić information content (AvgIpc) is 2.74. The summed E-state index contributed by atoms with van der Waals surface area (Å²) in [5, 5.41) is 5.21. The first-order valence-corrected chi connectivity index (χ1v) is 9.50. The second kappa shape index (κ2) is 9.70. The van der Waals surface area contributed by atoms with Crippen LogP contribution in [0.4, 0.5) is 0 Å². The summed E-state index contributed by atoms with van der Waals surface area (Å²) in [4.78, 5) is 12.6. The second-order valence-electron chi connectivity index (χ2n) is 6.81. The van der Waals surface area contributed by atoms with E-state index in [1.54, 1.807) is 0 Å². The van der Waals surface area contributed by atoms with Crippen molar-refractivity contribution >= 4 is 5.91 Å². The molecule has 1 atom stereocenters. The molecule has 0 aliphatic rings. The standard InChI is InChI=1S/C24H26N2O/c1-19(24(27)25-18-17-20-11-5-2-6-12-20)26-23(21-13-7-3-8-14-21)22-15-9-4-10-16-22/h2-16,19,23,26H,17-18H2,1H3,(H,25,27)/p+1/t19-/m0/s1. The van der Waals surface area contributed by atoms with Crippen LogP contribution in [0, 0.1) is 0 Å². The van der Waals surface area contributed by atoms with Crippen molar-refractivity contribution in [2.45, 2.75) is 25.4 Å². The summed E-state index contributed by atoms with van der Waals surface area (Å²) in [6.07, 6.45) is 0.847. The summed E-state index contributed by atoms with van der Waals surface area (Å²) in [5.74, 6) is 0.0720. The maximum Gasteiger partial charge on any atom is 0.277 e. The SMILES string of the molecule is C[C@H]([NH2+]C(c1ccccc1)c1ccccc1)C(=O)NCCc1ccccc1. The Hall–Kier alpha value is -2.91. The first-order valence-electron chi connectivity index (χ1n) is 9.50. The highest BCUT2D eigenvalue weighted by atomic mass is 16.2. The number of hydrogen-bond donors (Lipinski definition) is 2. The van der Waals surface area contributed by atoms with E-state index in [9.17, 15) is 4.79 Å². The Labute approximate surface area is 161 Å². The number of carbonyl (C=O) groups is 1. The minimum atomic E-state index is -0.175. The molecule has 27 heavy (non-hydrogen) atoms. The molecule has 0 aliphatic heterocycles. The molecule has 138 valence electrons. The zero-order chi connectivity index (χ0) is 18.9. The molecule has 1 amide bonds. The molecule has 0 bridgehead atoms. The van der Waals surface area contributed by atoms with Gasteiger partial charge in [-0.05, 0) is 18.9 Å². The monoisotopic (exact) mass is 359 g/mol. The molecular weight excluding hydrogens is 332 g/mol. The zero-order valence-electron chi connectivity index (χ0n) is 15.7. The Bertz CT molecular complexity index is 779. The molecule has 0 saturated heterocycles. The molecule has 3 N–H and O–H groups in total. The number of benzene rings is 3. The lowest BCUT2D eigenvalue weighted by Gasteiger charge is -2.20. The van der Waals surface area contributed by atoms with Crippen molar-refractivity contribution in [2.75, 3.05) is 6.54 Å². The van der Waals surface area contributed by atoms with E-state index in [-0.39, 0.29) is 18.0 Å². The highest BCUT2D eigenvalue weighted by Crippen LogP contribution is 2.17. The lowest BCUT2D eigenvalue weighted by Crippen LogP contribution is -2.92. The topological polar surface area (TPSA) is 45.7 Å². The molecule has 0 aromatic heterocycles. The molecule has 3 aromatic rings. The third kappa shape index (κ3) is 5.53. The summed E-state index contributed by atoms with van der Waals surface area (Å²) in [7, 11) is 0. The summed E-state index contributed by atoms with van der Waals surface area (Å²) < 4.78 is 0. The van der Waals surface area contributed by atoms with Crippen molar-refractivity contribution in [3.63, 3.8) is 0 Å². The van der Waals surface area contributed by atoms with E-state index in [1.165, 1.54) is 16.7 Å². The van der Waals surface area contributed by atoms with Crippen LogP contribution in [0.5, 0.6) is 0 Å². The van der Waals surface area contributed by atoms with E-state index in [4.69, 9.17) is 0 Å². The summed E-state index contributed by atoms with van der Waals surface area (Å²) >= 11 is 0. The largest absolute Gasteiger partial charge is 0.351 e. The molecule has 3 heteroatoms. The van der Waals surface area contributed by atoms with Crippen molar-refractivity contribution in [1.29, 1.82) is 0 Å². The Morgan fingerprint density at radius 3 is 1.81 bits per heavy atom. The van der Waals surface area contributed by atoms with Crippen molar-refractivity contribution in [2.24, 2.45) is 0 Å². The fraction of sp³-hybridized carbons (Fsp3) is 0.208. The van der Waals surface area contributed by atoms with E-state index in [0.29, 0.717) is 6.54 Å². The molecule has 3 aromatic carbocycles. The van der Waals surface area contributed by atoms with Gasteiger partial charge in [0.2, 0.25) is 0 Å². The predicted octanol–water partition coefficient (Wildman–Crippen LogP) is 3.09. The van der Waals surface area contributed by atoms with Gasteiger partial charge < -0.3 is 10.6 Å². The van der Waals surface area contributed by atoms with Gasteiger partial charge in [-0.25, -0.2) is 0 Å². The number of hydrogen-bond acceptors (Lipinski definition) is 1. The van der Waals surface area contributed by atoms with Gasteiger partial charge in [0, 0.05) is 17.7 Å². The van der Waals surface area contributed by atoms with E-state index >= 15 is 0 Å². The number of amides is 1. The van der Waals surface area contributed by atoms with Gasteiger partial charge in [0.25, 0.3) is 5.91 Å². The van der Waals surface area contributed by atoms with Crippen molar-refractivity contribution < 1.29 is 10.1 Å². The smallest absolute Gasteiger partial charge is 0.277 e. The Balaban J connectivity index is 1.62. The quantitative estimate of drug-likeness (QED) is 0.638. The van der Waals surface area contributed by atoms with Gasteiger partial charge in [0.15, 0.2) is 6.04 Å². The third-order valence-corrected chi connectivity index (χ3v) is 4.77. The number of nitrogens with two attached hydrogens (primary N) is 1. The van der Waals surface area contributed by atoms with Gasteiger partial charge in [-0.3, -0.25) is 4.79 Å². The Morgan fingerprint density at radius 2 is 1.30 bits per heavy atom. The van der Waals surface area contributed by atoms with Gasteiger partial charge in [0.05, 0.1) is 0 Å². The maximum atomic E-state index is 12.6. The van der Waals surface area contributed by atoms with Crippen LogP contribution < -0.4 is 10.6 Å². The van der Waals surface area contributed by atoms with Gasteiger partial charge >= 0.3 is 0 Å². The number of quaternary nitrogens is 1. The van der Waals surface area contributed by atoms with Gasteiger partial charge in [0.1, 0.15) is 6.04 Å². The van der Waals surface area contributed by atoms with Crippen LogP contribution in [0.3, 0.4) is 0 Å². The highest BCUT2D eigenvalue weighted by Gasteiger charge is 2.24. The molecule has 0 radical (unpaired) electrons. The highest BCUT2D eigenvalue weighted by molar-refractivity contribution is 5.79. The molecule has 0 unspecified atom stereocenters. The number of nitrogens with one attached hydrogen (secondary N) is 1. The molecule has 3 rings (SSSR count). The van der Waals surface area contributed by atoms with Crippen molar-refractivity contribution in [3.05, 3.63) is 108 Å². The van der Waals surface area contributed by atoms with Crippen LogP contribution in [0.1, 0.15) is 29.7 Å². The molecule has 0 fully saturated rings. The van der Waals surface area contributed by atoms with Crippen LogP contribution in [-0.2, 0) is 11.2 Å². The van der Waals surface area contributed by atoms with Crippen LogP contribution in [0.25, 0.3) is 0 Å². The first-order chi connectivity index (χ1) is 13.2. The summed E-state index contributed by atoms with van der Waals surface area (Å²) in [6, 6.07) is 30.9. The molecular formula is C24H27N2O+. The fourth-order valence-corrected chi connectivity index (χ4v) is 3.25. The Morgan fingerprint density at radius 1 is 0.815 bits per heavy atom. The fourth-order valence-electron chi connectivity index (χ4n) is 3.25. The zero-order valence-corrected chi connectivity index (χ0v) is 15.7. The summed E-state index contributed by atoms with van der Waals surface area (Å²) in [5.41, 5.74) is 3.64. The predicted molar refractivity (Wildman–Crippen MR) is 109 cm³/mol. The van der Waals surface area contributed by atoms with E-state index < -0.39 is 0 Å². The molecule has 0 heterocycles. The number of carbonyl (C=O) groups excluding carboxylic acids is 1. The van der Waals surface area contributed by atoms with Crippen LogP contribution in [0.15, 0.2) is 91.0 Å². The normalized spacial score (nSPS) is 11.9. The van der Waals surface area contributed by atoms with E-state index in [2.05, 4.69) is 47.0 Å². The second-order valence-corrected chi connectivity index (χ2v) is 6.81. The number of rotatable bonds is 8.